The fourth-order valence-corrected chi connectivity index (χ4v) is 11.6. The van der Waals surface area contributed by atoms with E-state index in [0.717, 1.165) is 172 Å². The first-order valence-electron chi connectivity index (χ1n) is 25.3. The summed E-state index contributed by atoms with van der Waals surface area (Å²) in [7, 11) is -7.11. The zero-order valence-corrected chi connectivity index (χ0v) is 41.1. The van der Waals surface area contributed by atoms with Gasteiger partial charge in [-0.15, -0.1) is 0 Å². The van der Waals surface area contributed by atoms with Gasteiger partial charge in [-0.1, -0.05) is 132 Å². The van der Waals surface area contributed by atoms with E-state index < -0.39 is 20.0 Å². The molecule has 10 nitrogen and oxygen atoms in total. The van der Waals surface area contributed by atoms with E-state index in [-0.39, 0.29) is 12.6 Å². The summed E-state index contributed by atoms with van der Waals surface area (Å²) in [6.45, 7) is 9.33. The van der Waals surface area contributed by atoms with Crippen molar-refractivity contribution >= 4 is 20.0 Å². The fourth-order valence-electron chi connectivity index (χ4n) is 8.55. The Morgan fingerprint density at radius 1 is 0.429 bits per heavy atom. The number of rotatable bonds is 36. The molecular formula is C51H86N2O8S2. The predicted octanol–water partition coefficient (Wildman–Crippen LogP) is 12.3. The molecule has 63 heavy (non-hydrogen) atoms. The van der Waals surface area contributed by atoms with Gasteiger partial charge in [-0.3, -0.25) is 0 Å². The zero-order valence-electron chi connectivity index (χ0n) is 39.5. The third kappa shape index (κ3) is 22.0. The SMILES string of the molecule is Cc1ccc(S(=O)(=O)N(CCCCCCCCCOC2CCCCO2)CCCCCCCCCN(CCCCCCCCCOC2CCCCO2)S(=O)(=O)c2ccc(C)cc2)cc1. The van der Waals surface area contributed by atoms with Gasteiger partial charge in [0.25, 0.3) is 0 Å². The summed E-state index contributed by atoms with van der Waals surface area (Å²) in [5.41, 5.74) is 2.10. The number of hydrogen-bond donors (Lipinski definition) is 0. The molecule has 2 aliphatic heterocycles. The Morgan fingerprint density at radius 3 is 1.00 bits per heavy atom. The van der Waals surface area contributed by atoms with Crippen LogP contribution in [0.2, 0.25) is 0 Å². The summed E-state index contributed by atoms with van der Waals surface area (Å²) in [5, 5.41) is 0. The van der Waals surface area contributed by atoms with Gasteiger partial charge in [0, 0.05) is 52.6 Å². The van der Waals surface area contributed by atoms with Crippen molar-refractivity contribution in [3.8, 4) is 0 Å². The van der Waals surface area contributed by atoms with Crippen LogP contribution in [0.3, 0.4) is 0 Å². The molecule has 2 aliphatic rings. The van der Waals surface area contributed by atoms with Gasteiger partial charge in [0.1, 0.15) is 0 Å². The monoisotopic (exact) mass is 919 g/mol. The van der Waals surface area contributed by atoms with E-state index >= 15 is 0 Å². The zero-order chi connectivity index (χ0) is 44.9. The topological polar surface area (TPSA) is 112 Å². The number of sulfonamides is 2. The number of ether oxygens (including phenoxy) is 4. The molecule has 2 fully saturated rings. The molecule has 0 spiro atoms. The van der Waals surface area contributed by atoms with E-state index in [1.54, 1.807) is 32.9 Å². The first kappa shape index (κ1) is 53.7. The molecule has 2 unspecified atom stereocenters. The van der Waals surface area contributed by atoms with Crippen molar-refractivity contribution in [2.24, 2.45) is 0 Å². The first-order chi connectivity index (χ1) is 30.7. The molecule has 360 valence electrons. The predicted molar refractivity (Wildman–Crippen MR) is 256 cm³/mol. The Balaban J connectivity index is 1.10. The summed E-state index contributed by atoms with van der Waals surface area (Å²) in [5.74, 6) is 0. The van der Waals surface area contributed by atoms with E-state index in [4.69, 9.17) is 18.9 Å². The molecule has 2 atom stereocenters. The molecule has 2 saturated heterocycles. The standard InChI is InChI=1S/C51H86N2O8S2/c1-46-30-34-48(35-31-46)62(54,55)52(40-22-14-8-4-10-16-24-42-58-50-28-18-26-44-60-50)38-20-12-6-3-7-13-21-39-53(63(56,57)49-36-32-47(2)33-37-49)41-23-15-9-5-11-17-25-43-59-51-29-19-27-45-61-51/h30-37,50-51H,3-29,38-45H2,1-2H3. The Morgan fingerprint density at radius 2 is 0.714 bits per heavy atom. The first-order valence-corrected chi connectivity index (χ1v) is 28.1. The van der Waals surface area contributed by atoms with Gasteiger partial charge in [0.05, 0.1) is 9.79 Å². The minimum absolute atomic E-state index is 0.00498. The molecule has 0 bridgehead atoms. The molecule has 2 aromatic carbocycles. The van der Waals surface area contributed by atoms with Crippen LogP contribution in [0.4, 0.5) is 0 Å². The normalized spacial score (nSPS) is 17.5. The minimum atomic E-state index is -3.55. The summed E-state index contributed by atoms with van der Waals surface area (Å²) in [4.78, 5) is 0.760. The number of nitrogens with zero attached hydrogens (tertiary/aromatic N) is 2. The summed E-state index contributed by atoms with van der Waals surface area (Å²) in [6.07, 6.45) is 28.7. The lowest BCUT2D eigenvalue weighted by Crippen LogP contribution is -2.33. The third-order valence-electron chi connectivity index (χ3n) is 12.6. The molecule has 0 aromatic heterocycles. The minimum Gasteiger partial charge on any atom is -0.353 e. The van der Waals surface area contributed by atoms with Crippen molar-refractivity contribution in [3.63, 3.8) is 0 Å². The number of benzene rings is 2. The Kier molecular flexibility index (Phi) is 27.2. The number of unbranched alkanes of at least 4 members (excludes halogenated alkanes) is 18. The van der Waals surface area contributed by atoms with Gasteiger partial charge in [0.2, 0.25) is 20.0 Å². The number of aryl methyl sites for hydroxylation is 2. The van der Waals surface area contributed by atoms with Crippen LogP contribution in [-0.4, -0.2) is 90.6 Å². The average molecular weight is 919 g/mol. The van der Waals surface area contributed by atoms with E-state index in [1.807, 2.05) is 38.1 Å². The van der Waals surface area contributed by atoms with Crippen LogP contribution in [0.25, 0.3) is 0 Å². The lowest BCUT2D eigenvalue weighted by molar-refractivity contribution is -0.163. The largest absolute Gasteiger partial charge is 0.353 e. The highest BCUT2D eigenvalue weighted by Crippen LogP contribution is 2.22. The molecule has 12 heteroatoms. The number of hydrogen-bond acceptors (Lipinski definition) is 8. The van der Waals surface area contributed by atoms with E-state index in [9.17, 15) is 16.8 Å². The molecular weight excluding hydrogens is 833 g/mol. The highest BCUT2D eigenvalue weighted by atomic mass is 32.2. The average Bonchev–Trinajstić information content (AvgIpc) is 3.29. The van der Waals surface area contributed by atoms with Crippen molar-refractivity contribution in [1.82, 2.24) is 8.61 Å². The highest BCUT2D eigenvalue weighted by molar-refractivity contribution is 7.89. The van der Waals surface area contributed by atoms with E-state index in [0.29, 0.717) is 36.0 Å². The summed E-state index contributed by atoms with van der Waals surface area (Å²) >= 11 is 0. The highest BCUT2D eigenvalue weighted by Gasteiger charge is 2.25. The molecule has 4 rings (SSSR count). The summed E-state index contributed by atoms with van der Waals surface area (Å²) < 4.78 is 81.4. The molecule has 0 amide bonds. The second-order valence-electron chi connectivity index (χ2n) is 18.2. The van der Waals surface area contributed by atoms with Crippen LogP contribution in [-0.2, 0) is 39.0 Å². The Bertz CT molecular complexity index is 1540. The van der Waals surface area contributed by atoms with Crippen LogP contribution in [0.1, 0.15) is 184 Å². The maximum atomic E-state index is 13.7. The Labute approximate surface area is 384 Å². The van der Waals surface area contributed by atoms with Gasteiger partial charge >= 0.3 is 0 Å². The van der Waals surface area contributed by atoms with Crippen molar-refractivity contribution in [2.75, 3.05) is 52.6 Å². The van der Waals surface area contributed by atoms with Crippen molar-refractivity contribution in [3.05, 3.63) is 59.7 Å². The van der Waals surface area contributed by atoms with Gasteiger partial charge < -0.3 is 18.9 Å². The van der Waals surface area contributed by atoms with Crippen molar-refractivity contribution in [2.45, 2.75) is 210 Å². The lowest BCUT2D eigenvalue weighted by atomic mass is 10.1. The smallest absolute Gasteiger partial charge is 0.243 e. The van der Waals surface area contributed by atoms with Gasteiger partial charge in [-0.25, -0.2) is 16.8 Å². The quantitative estimate of drug-likeness (QED) is 0.0621. The van der Waals surface area contributed by atoms with Crippen LogP contribution in [0, 0.1) is 13.8 Å². The van der Waals surface area contributed by atoms with Gasteiger partial charge in [-0.05, 0) is 115 Å². The second-order valence-corrected chi connectivity index (χ2v) is 22.1. The molecule has 0 N–H and O–H groups in total. The third-order valence-corrected chi connectivity index (χ3v) is 16.4. The maximum Gasteiger partial charge on any atom is 0.243 e. The second kappa shape index (κ2) is 31.9. The van der Waals surface area contributed by atoms with E-state index in [1.165, 1.54) is 38.5 Å². The van der Waals surface area contributed by atoms with Gasteiger partial charge in [-0.2, -0.15) is 8.61 Å². The van der Waals surface area contributed by atoms with Crippen molar-refractivity contribution in [1.29, 1.82) is 0 Å². The van der Waals surface area contributed by atoms with Gasteiger partial charge in [0.15, 0.2) is 12.6 Å². The molecule has 2 aromatic rings. The van der Waals surface area contributed by atoms with Crippen LogP contribution in [0.15, 0.2) is 58.3 Å². The maximum absolute atomic E-state index is 13.7. The molecule has 0 aliphatic carbocycles. The Hall–Kier alpha value is -1.90. The molecule has 0 radical (unpaired) electrons. The van der Waals surface area contributed by atoms with Crippen LogP contribution < -0.4 is 0 Å². The molecule has 0 saturated carbocycles. The lowest BCUT2D eigenvalue weighted by Gasteiger charge is -2.23. The summed E-state index contributed by atoms with van der Waals surface area (Å²) in [6, 6.07) is 14.5. The van der Waals surface area contributed by atoms with E-state index in [2.05, 4.69) is 0 Å². The van der Waals surface area contributed by atoms with Crippen LogP contribution >= 0.6 is 0 Å². The van der Waals surface area contributed by atoms with Crippen LogP contribution in [0.5, 0.6) is 0 Å². The fraction of sp³-hybridized carbons (Fsp3) is 0.765. The molecule has 2 heterocycles. The van der Waals surface area contributed by atoms with Crippen molar-refractivity contribution < 1.29 is 35.8 Å².